The second kappa shape index (κ2) is 7.48. The molecule has 0 atom stereocenters. The summed E-state index contributed by atoms with van der Waals surface area (Å²) < 4.78 is 6.97. The van der Waals surface area contributed by atoms with Crippen molar-refractivity contribution < 1.29 is 14.3 Å². The SMILES string of the molecule is CC1=C(N2CCC3(CCC(N(C)Cc4ccc5c(c4)Cn4nnnc4-5)CC3)C2=O)COC1=O. The van der Waals surface area contributed by atoms with Crippen LogP contribution in [-0.2, 0) is 27.4 Å². The number of hydrogen-bond acceptors (Lipinski definition) is 7. The Morgan fingerprint density at radius 2 is 2.03 bits per heavy atom. The van der Waals surface area contributed by atoms with E-state index in [4.69, 9.17) is 4.74 Å². The molecular formula is C24H28N6O3. The number of amides is 1. The minimum Gasteiger partial charge on any atom is -0.456 e. The van der Waals surface area contributed by atoms with Gasteiger partial charge in [0.1, 0.15) is 6.61 Å². The Morgan fingerprint density at radius 3 is 2.79 bits per heavy atom. The third-order valence-electron chi connectivity index (χ3n) is 8.15. The molecule has 2 aromatic rings. The molecule has 0 N–H and O–H groups in total. The van der Waals surface area contributed by atoms with E-state index in [9.17, 15) is 9.59 Å². The van der Waals surface area contributed by atoms with Gasteiger partial charge in [-0.15, -0.1) is 5.10 Å². The molecule has 1 saturated heterocycles. The van der Waals surface area contributed by atoms with Crippen LogP contribution >= 0.6 is 0 Å². The van der Waals surface area contributed by atoms with Crippen molar-refractivity contribution in [2.45, 2.75) is 58.2 Å². The first-order chi connectivity index (χ1) is 15.9. The minimum atomic E-state index is -0.298. The quantitative estimate of drug-likeness (QED) is 0.565. The van der Waals surface area contributed by atoms with Gasteiger partial charge in [0.25, 0.3) is 0 Å². The maximum absolute atomic E-state index is 13.4. The van der Waals surface area contributed by atoms with Gasteiger partial charge in [0.15, 0.2) is 5.82 Å². The van der Waals surface area contributed by atoms with Gasteiger partial charge in [0.2, 0.25) is 5.91 Å². The van der Waals surface area contributed by atoms with Crippen LogP contribution in [0.1, 0.15) is 50.2 Å². The number of carbonyl (C=O) groups excluding carboxylic acids is 2. The van der Waals surface area contributed by atoms with Crippen LogP contribution in [0.5, 0.6) is 0 Å². The number of likely N-dealkylation sites (tertiary alicyclic amines) is 1. The average molecular weight is 449 g/mol. The summed E-state index contributed by atoms with van der Waals surface area (Å²) in [6.45, 7) is 4.29. The van der Waals surface area contributed by atoms with E-state index in [0.717, 1.165) is 62.3 Å². The number of benzene rings is 1. The molecule has 4 aliphatic rings. The number of hydrogen-bond donors (Lipinski definition) is 0. The number of nitrogens with zero attached hydrogens (tertiary/aromatic N) is 6. The number of cyclic esters (lactones) is 1. The highest BCUT2D eigenvalue weighted by Crippen LogP contribution is 2.47. The van der Waals surface area contributed by atoms with Gasteiger partial charge in [0, 0.05) is 24.7 Å². The van der Waals surface area contributed by atoms with Crippen LogP contribution < -0.4 is 0 Å². The van der Waals surface area contributed by atoms with Gasteiger partial charge in [-0.25, -0.2) is 9.48 Å². The normalized spacial score (nSPS) is 26.5. The highest BCUT2D eigenvalue weighted by Gasteiger charge is 2.50. The minimum absolute atomic E-state index is 0.190. The van der Waals surface area contributed by atoms with Crippen molar-refractivity contribution in [2.75, 3.05) is 20.2 Å². The molecule has 1 aromatic carbocycles. The zero-order valence-electron chi connectivity index (χ0n) is 19.1. The predicted molar refractivity (Wildman–Crippen MR) is 119 cm³/mol. The number of fused-ring (bicyclic) bond motifs is 3. The van der Waals surface area contributed by atoms with Crippen LogP contribution in [0.15, 0.2) is 29.5 Å². The van der Waals surface area contributed by atoms with Crippen LogP contribution in [0.4, 0.5) is 0 Å². The molecule has 1 amide bonds. The van der Waals surface area contributed by atoms with Crippen molar-refractivity contribution in [3.8, 4) is 11.4 Å². The molecule has 3 aliphatic heterocycles. The Bertz CT molecular complexity index is 1180. The molecule has 9 heteroatoms. The fraction of sp³-hybridized carbons (Fsp3) is 0.542. The molecule has 172 valence electrons. The number of rotatable bonds is 4. The lowest BCUT2D eigenvalue weighted by atomic mass is 9.71. The first-order valence-corrected chi connectivity index (χ1v) is 11.7. The molecule has 1 aliphatic carbocycles. The Hall–Kier alpha value is -3.07. The molecule has 2 fully saturated rings. The smallest absolute Gasteiger partial charge is 0.336 e. The summed E-state index contributed by atoms with van der Waals surface area (Å²) in [5.74, 6) is 0.737. The number of tetrazole rings is 1. The van der Waals surface area contributed by atoms with E-state index in [1.54, 1.807) is 6.92 Å². The van der Waals surface area contributed by atoms with Gasteiger partial charge in [0.05, 0.1) is 23.2 Å². The molecule has 4 heterocycles. The predicted octanol–water partition coefficient (Wildman–Crippen LogP) is 2.13. The number of carbonyl (C=O) groups is 2. The molecular weight excluding hydrogens is 420 g/mol. The summed E-state index contributed by atoms with van der Waals surface area (Å²) in [7, 11) is 2.19. The highest BCUT2D eigenvalue weighted by atomic mass is 16.5. The Labute approximate surface area is 192 Å². The summed E-state index contributed by atoms with van der Waals surface area (Å²) in [6.07, 6.45) is 4.71. The first-order valence-electron chi connectivity index (χ1n) is 11.7. The van der Waals surface area contributed by atoms with E-state index in [0.29, 0.717) is 18.2 Å². The van der Waals surface area contributed by atoms with Gasteiger partial charge >= 0.3 is 5.97 Å². The topological polar surface area (TPSA) is 93.5 Å². The number of ether oxygens (including phenoxy) is 1. The maximum Gasteiger partial charge on any atom is 0.336 e. The third-order valence-corrected chi connectivity index (χ3v) is 8.15. The summed E-state index contributed by atoms with van der Waals surface area (Å²) in [6, 6.07) is 7.02. The Morgan fingerprint density at radius 1 is 1.21 bits per heavy atom. The van der Waals surface area contributed by atoms with Gasteiger partial charge in [-0.05, 0) is 67.6 Å². The summed E-state index contributed by atoms with van der Waals surface area (Å²) in [5.41, 5.74) is 4.73. The van der Waals surface area contributed by atoms with Crippen LogP contribution in [0.3, 0.4) is 0 Å². The fourth-order valence-corrected chi connectivity index (χ4v) is 6.06. The molecule has 0 radical (unpaired) electrons. The second-order valence-corrected chi connectivity index (χ2v) is 9.93. The molecule has 0 unspecified atom stereocenters. The molecule has 1 saturated carbocycles. The molecule has 1 aromatic heterocycles. The van der Waals surface area contributed by atoms with E-state index < -0.39 is 0 Å². The van der Waals surface area contributed by atoms with E-state index in [1.165, 1.54) is 11.1 Å². The van der Waals surface area contributed by atoms with Gasteiger partial charge < -0.3 is 9.64 Å². The molecule has 0 bridgehead atoms. The lowest BCUT2D eigenvalue weighted by molar-refractivity contribution is -0.138. The molecule has 33 heavy (non-hydrogen) atoms. The summed E-state index contributed by atoms with van der Waals surface area (Å²) in [5, 5.41) is 11.9. The van der Waals surface area contributed by atoms with Gasteiger partial charge in [-0.2, -0.15) is 0 Å². The van der Waals surface area contributed by atoms with Crippen LogP contribution in [0, 0.1) is 5.41 Å². The Balaban J connectivity index is 1.09. The van der Waals surface area contributed by atoms with Gasteiger partial charge in [-0.3, -0.25) is 9.69 Å². The van der Waals surface area contributed by atoms with Crippen molar-refractivity contribution in [3.05, 3.63) is 40.6 Å². The molecule has 1 spiro atoms. The third kappa shape index (κ3) is 3.20. The van der Waals surface area contributed by atoms with Crippen LogP contribution in [0.2, 0.25) is 0 Å². The maximum atomic E-state index is 13.4. The van der Waals surface area contributed by atoms with Crippen LogP contribution in [-0.4, -0.2) is 68.1 Å². The van der Waals surface area contributed by atoms with E-state index in [-0.39, 0.29) is 23.9 Å². The number of aromatic nitrogens is 4. The molecule has 9 nitrogen and oxygen atoms in total. The second-order valence-electron chi connectivity index (χ2n) is 9.93. The Kier molecular flexibility index (Phi) is 4.65. The highest BCUT2D eigenvalue weighted by molar-refractivity contribution is 5.94. The van der Waals surface area contributed by atoms with Crippen molar-refractivity contribution in [1.82, 2.24) is 30.0 Å². The zero-order chi connectivity index (χ0) is 22.7. The van der Waals surface area contributed by atoms with Crippen molar-refractivity contribution in [3.63, 3.8) is 0 Å². The standard InChI is InChI=1S/C24H28N6O3/c1-15-20(14-33-22(15)31)29-10-9-24(23(29)32)7-5-18(6-8-24)28(2)12-16-3-4-19-17(11-16)13-30-21(19)25-26-27-30/h3-4,11,18H,5-10,12-14H2,1-2H3. The van der Waals surface area contributed by atoms with Gasteiger partial charge in [-0.1, -0.05) is 18.2 Å². The van der Waals surface area contributed by atoms with E-state index >= 15 is 0 Å². The lowest BCUT2D eigenvalue weighted by Crippen LogP contribution is -2.42. The van der Waals surface area contributed by atoms with Crippen LogP contribution in [0.25, 0.3) is 11.4 Å². The monoisotopic (exact) mass is 448 g/mol. The van der Waals surface area contributed by atoms with Crippen molar-refractivity contribution in [1.29, 1.82) is 0 Å². The first kappa shape index (κ1) is 20.5. The van der Waals surface area contributed by atoms with E-state index in [1.807, 2.05) is 9.58 Å². The molecule has 6 rings (SSSR count). The largest absolute Gasteiger partial charge is 0.456 e. The van der Waals surface area contributed by atoms with E-state index in [2.05, 4.69) is 45.7 Å². The summed E-state index contributed by atoms with van der Waals surface area (Å²) in [4.78, 5) is 29.4. The average Bonchev–Trinajstić information content (AvgIpc) is 3.55. The summed E-state index contributed by atoms with van der Waals surface area (Å²) >= 11 is 0. The van der Waals surface area contributed by atoms with Crippen molar-refractivity contribution >= 4 is 11.9 Å². The van der Waals surface area contributed by atoms with Crippen molar-refractivity contribution in [2.24, 2.45) is 5.41 Å². The zero-order valence-corrected chi connectivity index (χ0v) is 19.1. The lowest BCUT2D eigenvalue weighted by Gasteiger charge is -2.39. The fourth-order valence-electron chi connectivity index (χ4n) is 6.06. The number of esters is 1.